The number of hydrogen-bond donors (Lipinski definition) is 1. The fourth-order valence-corrected chi connectivity index (χ4v) is 5.04. The molecule has 1 atom stereocenters. The van der Waals surface area contributed by atoms with Gasteiger partial charge in [0.2, 0.25) is 11.8 Å². The van der Waals surface area contributed by atoms with Crippen LogP contribution in [0.1, 0.15) is 41.0 Å². The molecule has 0 fully saturated rings. The highest BCUT2D eigenvalue weighted by Crippen LogP contribution is 2.34. The van der Waals surface area contributed by atoms with Crippen molar-refractivity contribution in [3.05, 3.63) is 96.1 Å². The van der Waals surface area contributed by atoms with Crippen molar-refractivity contribution in [1.82, 2.24) is 9.88 Å². The van der Waals surface area contributed by atoms with E-state index < -0.39 is 23.8 Å². The topological polar surface area (TPSA) is 92.5 Å². The van der Waals surface area contributed by atoms with Gasteiger partial charge in [-0.3, -0.25) is 19.3 Å². The molecular formula is C31H25N3O4. The lowest BCUT2D eigenvalue weighted by atomic mass is 10.0. The van der Waals surface area contributed by atoms with E-state index in [1.165, 1.54) is 0 Å². The van der Waals surface area contributed by atoms with Crippen LogP contribution in [0.3, 0.4) is 0 Å². The second kappa shape index (κ2) is 9.27. The summed E-state index contributed by atoms with van der Waals surface area (Å²) in [5.41, 5.74) is 3.10. The standard InChI is InChI=1S/C31H25N3O4/c1-18(2)17-25(34-30(36)21-11-5-6-12-22(21)31(34)37)28(35)32-24-14-8-7-13-23(24)29-33-27-20-10-4-3-9-19(20)15-16-26(27)38-29/h3-16,18,25H,17H2,1-2H3,(H,32,35). The molecule has 1 aromatic heterocycles. The average molecular weight is 504 g/mol. The maximum Gasteiger partial charge on any atom is 0.262 e. The highest BCUT2D eigenvalue weighted by Gasteiger charge is 2.42. The number of rotatable bonds is 6. The highest BCUT2D eigenvalue weighted by molar-refractivity contribution is 6.23. The Hall–Kier alpha value is -4.78. The molecule has 0 bridgehead atoms. The number of carbonyl (C=O) groups is 3. The quantitative estimate of drug-likeness (QED) is 0.275. The van der Waals surface area contributed by atoms with Gasteiger partial charge in [0.05, 0.1) is 22.4 Å². The van der Waals surface area contributed by atoms with Gasteiger partial charge in [-0.25, -0.2) is 4.98 Å². The molecule has 7 nitrogen and oxygen atoms in total. The first-order valence-electron chi connectivity index (χ1n) is 12.6. The third-order valence-corrected chi connectivity index (χ3v) is 6.83. The zero-order valence-electron chi connectivity index (χ0n) is 21.0. The zero-order chi connectivity index (χ0) is 26.4. The van der Waals surface area contributed by atoms with E-state index in [2.05, 4.69) is 5.32 Å². The summed E-state index contributed by atoms with van der Waals surface area (Å²) in [6, 6.07) is 24.7. The lowest BCUT2D eigenvalue weighted by molar-refractivity contribution is -0.120. The minimum Gasteiger partial charge on any atom is -0.436 e. The van der Waals surface area contributed by atoms with Gasteiger partial charge in [-0.2, -0.15) is 0 Å². The van der Waals surface area contributed by atoms with Crippen molar-refractivity contribution >= 4 is 45.3 Å². The van der Waals surface area contributed by atoms with E-state index in [0.717, 1.165) is 21.2 Å². The molecule has 3 amide bonds. The van der Waals surface area contributed by atoms with Gasteiger partial charge in [-0.15, -0.1) is 0 Å². The molecule has 188 valence electrons. The second-order valence-corrected chi connectivity index (χ2v) is 9.86. The molecule has 38 heavy (non-hydrogen) atoms. The lowest BCUT2D eigenvalue weighted by Gasteiger charge is -2.27. The minimum atomic E-state index is -0.969. The number of imide groups is 1. The van der Waals surface area contributed by atoms with Crippen LogP contribution < -0.4 is 5.32 Å². The van der Waals surface area contributed by atoms with Crippen LogP contribution in [0.15, 0.2) is 89.3 Å². The van der Waals surface area contributed by atoms with Crippen LogP contribution in [-0.2, 0) is 4.79 Å². The number of benzene rings is 4. The first-order chi connectivity index (χ1) is 18.4. The third kappa shape index (κ3) is 3.93. The predicted octanol–water partition coefficient (Wildman–Crippen LogP) is 6.30. The van der Waals surface area contributed by atoms with Crippen LogP contribution in [0.25, 0.3) is 33.3 Å². The molecular weight excluding hydrogens is 478 g/mol. The number of amides is 3. The number of anilines is 1. The maximum absolute atomic E-state index is 13.7. The van der Waals surface area contributed by atoms with Crippen LogP contribution >= 0.6 is 0 Å². The zero-order valence-corrected chi connectivity index (χ0v) is 21.0. The Labute approximate surface area is 219 Å². The summed E-state index contributed by atoms with van der Waals surface area (Å²) < 4.78 is 6.10. The number of nitrogens with one attached hydrogen (secondary N) is 1. The number of oxazole rings is 1. The number of nitrogens with zero attached hydrogens (tertiary/aromatic N) is 2. The van der Waals surface area contributed by atoms with E-state index in [1.54, 1.807) is 36.4 Å². The van der Waals surface area contributed by atoms with Gasteiger partial charge in [-0.1, -0.05) is 68.4 Å². The molecule has 0 saturated heterocycles. The summed E-state index contributed by atoms with van der Waals surface area (Å²) in [5.74, 6) is -0.915. The molecule has 7 heteroatoms. The molecule has 0 spiro atoms. The molecule has 2 heterocycles. The number of aromatic nitrogens is 1. The van der Waals surface area contributed by atoms with Crippen LogP contribution in [0.5, 0.6) is 0 Å². The van der Waals surface area contributed by atoms with Gasteiger partial charge in [0.1, 0.15) is 11.6 Å². The highest BCUT2D eigenvalue weighted by atomic mass is 16.3. The number of carbonyl (C=O) groups excluding carboxylic acids is 3. The Morgan fingerprint density at radius 1 is 0.842 bits per heavy atom. The van der Waals surface area contributed by atoms with Gasteiger partial charge in [0.25, 0.3) is 11.8 Å². The summed E-state index contributed by atoms with van der Waals surface area (Å²) in [4.78, 5) is 45.9. The van der Waals surface area contributed by atoms with E-state index in [4.69, 9.17) is 9.40 Å². The van der Waals surface area contributed by atoms with Gasteiger partial charge < -0.3 is 9.73 Å². The Morgan fingerprint density at radius 3 is 2.18 bits per heavy atom. The summed E-state index contributed by atoms with van der Waals surface area (Å²) in [7, 11) is 0. The molecule has 0 saturated carbocycles. The molecule has 1 unspecified atom stereocenters. The van der Waals surface area contributed by atoms with Crippen LogP contribution in [0.4, 0.5) is 5.69 Å². The van der Waals surface area contributed by atoms with E-state index in [1.807, 2.05) is 62.4 Å². The van der Waals surface area contributed by atoms with E-state index >= 15 is 0 Å². The van der Waals surface area contributed by atoms with Crippen LogP contribution in [0, 0.1) is 5.92 Å². The Balaban J connectivity index is 1.36. The minimum absolute atomic E-state index is 0.0654. The molecule has 6 rings (SSSR count). The predicted molar refractivity (Wildman–Crippen MR) is 146 cm³/mol. The largest absolute Gasteiger partial charge is 0.436 e. The summed E-state index contributed by atoms with van der Waals surface area (Å²) >= 11 is 0. The second-order valence-electron chi connectivity index (χ2n) is 9.86. The Bertz CT molecular complexity index is 1700. The molecule has 1 N–H and O–H groups in total. The van der Waals surface area contributed by atoms with E-state index in [-0.39, 0.29) is 5.92 Å². The van der Waals surface area contributed by atoms with Gasteiger partial charge in [0.15, 0.2) is 5.58 Å². The van der Waals surface area contributed by atoms with Crippen molar-refractivity contribution in [3.8, 4) is 11.5 Å². The van der Waals surface area contributed by atoms with Crippen LogP contribution in [0.2, 0.25) is 0 Å². The molecule has 1 aliphatic heterocycles. The fraction of sp³-hybridized carbons (Fsp3) is 0.161. The number of para-hydroxylation sites is 1. The van der Waals surface area contributed by atoms with Crippen molar-refractivity contribution in [2.45, 2.75) is 26.3 Å². The number of hydrogen-bond acceptors (Lipinski definition) is 5. The van der Waals surface area contributed by atoms with E-state index in [9.17, 15) is 14.4 Å². The monoisotopic (exact) mass is 503 g/mol. The Morgan fingerprint density at radius 2 is 1.47 bits per heavy atom. The van der Waals surface area contributed by atoms with Gasteiger partial charge in [-0.05, 0) is 48.1 Å². The first-order valence-corrected chi connectivity index (χ1v) is 12.6. The third-order valence-electron chi connectivity index (χ3n) is 6.83. The first kappa shape index (κ1) is 23.6. The van der Waals surface area contributed by atoms with Gasteiger partial charge in [0, 0.05) is 5.39 Å². The van der Waals surface area contributed by atoms with Crippen molar-refractivity contribution in [1.29, 1.82) is 0 Å². The fourth-order valence-electron chi connectivity index (χ4n) is 5.04. The summed E-state index contributed by atoms with van der Waals surface area (Å²) in [6.45, 7) is 3.91. The Kier molecular flexibility index (Phi) is 5.76. The van der Waals surface area contributed by atoms with Crippen molar-refractivity contribution < 1.29 is 18.8 Å². The van der Waals surface area contributed by atoms with Crippen molar-refractivity contribution in [3.63, 3.8) is 0 Å². The van der Waals surface area contributed by atoms with E-state index in [0.29, 0.717) is 40.3 Å². The average Bonchev–Trinajstić information content (AvgIpc) is 3.47. The maximum atomic E-state index is 13.7. The van der Waals surface area contributed by atoms with Crippen molar-refractivity contribution in [2.75, 3.05) is 5.32 Å². The molecule has 0 aliphatic carbocycles. The smallest absolute Gasteiger partial charge is 0.262 e. The summed E-state index contributed by atoms with van der Waals surface area (Å²) in [6.07, 6.45) is 0.328. The van der Waals surface area contributed by atoms with Crippen LogP contribution in [-0.4, -0.2) is 33.6 Å². The summed E-state index contributed by atoms with van der Waals surface area (Å²) in [5, 5.41) is 4.99. The lowest BCUT2D eigenvalue weighted by Crippen LogP contribution is -2.48. The molecule has 1 aliphatic rings. The molecule has 4 aromatic carbocycles. The SMILES string of the molecule is CC(C)CC(C(=O)Nc1ccccc1-c1nc2c(ccc3ccccc32)o1)N1C(=O)c2ccccc2C1=O. The number of fused-ring (bicyclic) bond motifs is 4. The van der Waals surface area contributed by atoms with Gasteiger partial charge >= 0.3 is 0 Å². The normalized spacial score (nSPS) is 13.9. The molecule has 0 radical (unpaired) electrons. The van der Waals surface area contributed by atoms with Crippen molar-refractivity contribution in [2.24, 2.45) is 5.92 Å². The molecule has 5 aromatic rings.